The van der Waals surface area contributed by atoms with Crippen molar-refractivity contribution in [2.75, 3.05) is 30.9 Å². The van der Waals surface area contributed by atoms with E-state index in [1.54, 1.807) is 31.4 Å². The van der Waals surface area contributed by atoms with Crippen LogP contribution in [0.2, 0.25) is 0 Å². The van der Waals surface area contributed by atoms with Crippen molar-refractivity contribution < 1.29 is 14.3 Å². The van der Waals surface area contributed by atoms with Crippen LogP contribution in [0.5, 0.6) is 11.5 Å². The summed E-state index contributed by atoms with van der Waals surface area (Å²) in [5.41, 5.74) is 1.12. The van der Waals surface area contributed by atoms with Crippen molar-refractivity contribution >= 4 is 17.5 Å². The number of nitrogens with one attached hydrogen (secondary N) is 2. The zero-order valence-electron chi connectivity index (χ0n) is 15.8. The van der Waals surface area contributed by atoms with Gasteiger partial charge in [0.1, 0.15) is 24.2 Å². The molecule has 29 heavy (non-hydrogen) atoms. The minimum Gasteiger partial charge on any atom is -0.497 e. The van der Waals surface area contributed by atoms with Crippen molar-refractivity contribution in [3.05, 3.63) is 72.1 Å². The molecule has 8 heteroatoms. The first-order chi connectivity index (χ1) is 14.2. The van der Waals surface area contributed by atoms with Gasteiger partial charge >= 0.3 is 0 Å². The zero-order valence-corrected chi connectivity index (χ0v) is 15.8. The molecule has 0 aliphatic rings. The molecule has 1 amide bonds. The van der Waals surface area contributed by atoms with E-state index in [9.17, 15) is 4.79 Å². The van der Waals surface area contributed by atoms with Gasteiger partial charge in [0, 0.05) is 12.4 Å². The summed E-state index contributed by atoms with van der Waals surface area (Å²) in [5, 5.41) is 14.8. The van der Waals surface area contributed by atoms with Crippen LogP contribution >= 0.6 is 0 Å². The minimum absolute atomic E-state index is 0.290. The molecule has 1 aromatic heterocycles. The fourth-order valence-corrected chi connectivity index (χ4v) is 2.42. The Bertz CT molecular complexity index is 998. The first kappa shape index (κ1) is 19.6. The van der Waals surface area contributed by atoms with Crippen molar-refractivity contribution in [1.82, 2.24) is 9.97 Å². The van der Waals surface area contributed by atoms with Gasteiger partial charge in [-0.3, -0.25) is 4.79 Å². The van der Waals surface area contributed by atoms with E-state index in [0.717, 1.165) is 11.5 Å². The lowest BCUT2D eigenvalue weighted by molar-refractivity contribution is 0.102. The average molecular weight is 389 g/mol. The van der Waals surface area contributed by atoms with Crippen LogP contribution in [0.1, 0.15) is 15.9 Å². The third kappa shape index (κ3) is 5.43. The van der Waals surface area contributed by atoms with Gasteiger partial charge in [-0.25, -0.2) is 9.97 Å². The van der Waals surface area contributed by atoms with Crippen LogP contribution in [0.4, 0.5) is 11.6 Å². The highest BCUT2D eigenvalue weighted by molar-refractivity contribution is 6.04. The molecule has 2 aromatic carbocycles. The Morgan fingerprint density at radius 2 is 1.76 bits per heavy atom. The Kier molecular flexibility index (Phi) is 6.58. The number of nitriles is 1. The number of hydrogen-bond acceptors (Lipinski definition) is 7. The van der Waals surface area contributed by atoms with E-state index in [4.69, 9.17) is 14.7 Å². The molecule has 0 spiro atoms. The van der Waals surface area contributed by atoms with E-state index in [2.05, 4.69) is 20.6 Å². The van der Waals surface area contributed by atoms with Gasteiger partial charge in [0.05, 0.1) is 30.5 Å². The van der Waals surface area contributed by atoms with Crippen molar-refractivity contribution in [1.29, 1.82) is 5.26 Å². The smallest absolute Gasteiger partial charge is 0.258 e. The third-order valence-electron chi connectivity index (χ3n) is 3.92. The molecule has 146 valence electrons. The monoisotopic (exact) mass is 389 g/mol. The molecule has 3 rings (SSSR count). The number of nitrogens with zero attached hydrogens (tertiary/aromatic N) is 3. The Morgan fingerprint density at radius 3 is 2.45 bits per heavy atom. The van der Waals surface area contributed by atoms with Gasteiger partial charge in [0.2, 0.25) is 5.95 Å². The van der Waals surface area contributed by atoms with Crippen molar-refractivity contribution in [2.24, 2.45) is 0 Å². The number of ether oxygens (including phenoxy) is 2. The number of para-hydroxylation sites is 1. The van der Waals surface area contributed by atoms with Crippen LogP contribution in [0, 0.1) is 11.3 Å². The van der Waals surface area contributed by atoms with E-state index in [-0.39, 0.29) is 11.5 Å². The standard InChI is InChI=1S/C21H19N5O3/c1-28-17-6-8-18(9-7-17)29-11-10-23-21-24-13-16(14-25-21)20(27)26-19-5-3-2-4-15(19)12-22/h2-9,13-14H,10-11H2,1H3,(H,26,27)(H,23,24,25). The molecular weight excluding hydrogens is 370 g/mol. The molecule has 1 heterocycles. The molecule has 0 saturated carbocycles. The third-order valence-corrected chi connectivity index (χ3v) is 3.92. The zero-order chi connectivity index (χ0) is 20.5. The fraction of sp³-hybridized carbons (Fsp3) is 0.143. The minimum atomic E-state index is -0.387. The van der Waals surface area contributed by atoms with Crippen LogP contribution < -0.4 is 20.1 Å². The van der Waals surface area contributed by atoms with Crippen molar-refractivity contribution in [3.8, 4) is 17.6 Å². The topological polar surface area (TPSA) is 109 Å². The van der Waals surface area contributed by atoms with E-state index in [1.807, 2.05) is 30.3 Å². The van der Waals surface area contributed by atoms with Gasteiger partial charge in [-0.1, -0.05) is 12.1 Å². The van der Waals surface area contributed by atoms with Crippen LogP contribution in [-0.4, -0.2) is 36.1 Å². The largest absolute Gasteiger partial charge is 0.497 e. The summed E-state index contributed by atoms with van der Waals surface area (Å²) in [7, 11) is 1.61. The number of methoxy groups -OCH3 is 1. The normalized spacial score (nSPS) is 9.93. The Labute approximate surface area is 168 Å². The number of aromatic nitrogens is 2. The number of carbonyl (C=O) groups excluding carboxylic acids is 1. The van der Waals surface area contributed by atoms with E-state index >= 15 is 0 Å². The van der Waals surface area contributed by atoms with E-state index < -0.39 is 0 Å². The summed E-state index contributed by atoms with van der Waals surface area (Å²) in [6.45, 7) is 0.913. The van der Waals surface area contributed by atoms with Gasteiger partial charge < -0.3 is 20.1 Å². The number of amides is 1. The van der Waals surface area contributed by atoms with Gasteiger partial charge in [-0.15, -0.1) is 0 Å². The molecule has 8 nitrogen and oxygen atoms in total. The molecule has 0 radical (unpaired) electrons. The van der Waals surface area contributed by atoms with Gasteiger partial charge in [0.25, 0.3) is 5.91 Å². The van der Waals surface area contributed by atoms with Gasteiger partial charge in [0.15, 0.2) is 0 Å². The number of rotatable bonds is 8. The first-order valence-electron chi connectivity index (χ1n) is 8.83. The van der Waals surface area contributed by atoms with Crippen LogP contribution in [-0.2, 0) is 0 Å². The molecule has 0 saturated heterocycles. The molecule has 0 atom stereocenters. The number of hydrogen-bond donors (Lipinski definition) is 2. The van der Waals surface area contributed by atoms with Gasteiger partial charge in [-0.2, -0.15) is 5.26 Å². The summed E-state index contributed by atoms with van der Waals surface area (Å²) in [6, 6.07) is 16.1. The fourth-order valence-electron chi connectivity index (χ4n) is 2.42. The lowest BCUT2D eigenvalue weighted by Gasteiger charge is -2.09. The number of benzene rings is 2. The summed E-state index contributed by atoms with van der Waals surface area (Å²) >= 11 is 0. The van der Waals surface area contributed by atoms with Gasteiger partial charge in [-0.05, 0) is 36.4 Å². The van der Waals surface area contributed by atoms with Crippen molar-refractivity contribution in [2.45, 2.75) is 0 Å². The highest BCUT2D eigenvalue weighted by Crippen LogP contribution is 2.17. The van der Waals surface area contributed by atoms with Crippen molar-refractivity contribution in [3.63, 3.8) is 0 Å². The summed E-state index contributed by atoms with van der Waals surface area (Å²) in [4.78, 5) is 20.6. The maximum absolute atomic E-state index is 12.3. The average Bonchev–Trinajstić information content (AvgIpc) is 2.78. The SMILES string of the molecule is COc1ccc(OCCNc2ncc(C(=O)Nc3ccccc3C#N)cn2)cc1. The Balaban J connectivity index is 1.48. The summed E-state index contributed by atoms with van der Waals surface area (Å²) in [6.07, 6.45) is 2.84. The maximum atomic E-state index is 12.3. The molecule has 0 unspecified atom stereocenters. The summed E-state index contributed by atoms with van der Waals surface area (Å²) in [5.74, 6) is 1.50. The molecule has 0 aliphatic carbocycles. The maximum Gasteiger partial charge on any atom is 0.258 e. The van der Waals surface area contributed by atoms with E-state index in [0.29, 0.717) is 30.4 Å². The lowest BCUT2D eigenvalue weighted by Crippen LogP contribution is -2.16. The molecule has 0 bridgehead atoms. The lowest BCUT2D eigenvalue weighted by atomic mass is 10.2. The molecular formula is C21H19N5O3. The highest BCUT2D eigenvalue weighted by Gasteiger charge is 2.10. The predicted octanol–water partition coefficient (Wildman–Crippen LogP) is 3.10. The number of carbonyl (C=O) groups is 1. The van der Waals surface area contributed by atoms with E-state index in [1.165, 1.54) is 12.4 Å². The molecule has 0 fully saturated rings. The highest BCUT2D eigenvalue weighted by atomic mass is 16.5. The Morgan fingerprint density at radius 1 is 1.07 bits per heavy atom. The summed E-state index contributed by atoms with van der Waals surface area (Å²) < 4.78 is 10.7. The second-order valence-corrected chi connectivity index (χ2v) is 5.86. The quantitative estimate of drug-likeness (QED) is 0.570. The predicted molar refractivity (Wildman–Crippen MR) is 108 cm³/mol. The molecule has 0 aliphatic heterocycles. The van der Waals surface area contributed by atoms with Crippen LogP contribution in [0.3, 0.4) is 0 Å². The van der Waals surface area contributed by atoms with Crippen LogP contribution in [0.15, 0.2) is 60.9 Å². The Hall–Kier alpha value is -4.12. The van der Waals surface area contributed by atoms with Crippen LogP contribution in [0.25, 0.3) is 0 Å². The molecule has 2 N–H and O–H groups in total. The second-order valence-electron chi connectivity index (χ2n) is 5.86. The first-order valence-corrected chi connectivity index (χ1v) is 8.83. The number of anilines is 2. The molecule has 3 aromatic rings. The second kappa shape index (κ2) is 9.71.